The second-order valence-corrected chi connectivity index (χ2v) is 6.49. The number of hydrogen-bond acceptors (Lipinski definition) is 5. The van der Waals surface area contributed by atoms with E-state index >= 15 is 0 Å². The summed E-state index contributed by atoms with van der Waals surface area (Å²) in [6, 6.07) is 14.2. The predicted octanol–water partition coefficient (Wildman–Crippen LogP) is 2.40. The molecule has 0 saturated carbocycles. The summed E-state index contributed by atoms with van der Waals surface area (Å²) in [5.74, 6) is -0.757. The molecule has 0 radical (unpaired) electrons. The number of amides is 1. The second kappa shape index (κ2) is 8.20. The Labute approximate surface area is 157 Å². The minimum atomic E-state index is -1.04. The van der Waals surface area contributed by atoms with Crippen LogP contribution >= 0.6 is 0 Å². The molecule has 7 heteroatoms. The Morgan fingerprint density at radius 1 is 1.26 bits per heavy atom. The van der Waals surface area contributed by atoms with Gasteiger partial charge in [-0.15, -0.1) is 0 Å². The molecule has 3 rings (SSSR count). The smallest absolute Gasteiger partial charge is 0.341 e. The van der Waals surface area contributed by atoms with Gasteiger partial charge in [0.05, 0.1) is 11.9 Å². The number of carbonyl (C=O) groups excluding carboxylic acids is 1. The highest BCUT2D eigenvalue weighted by molar-refractivity contribution is 6.05. The van der Waals surface area contributed by atoms with Crippen LogP contribution in [-0.2, 0) is 4.79 Å². The van der Waals surface area contributed by atoms with Crippen LogP contribution < -0.4 is 15.5 Å². The maximum atomic E-state index is 13.2. The van der Waals surface area contributed by atoms with Crippen LogP contribution in [0.5, 0.6) is 5.75 Å². The highest BCUT2D eigenvalue weighted by Gasteiger charge is 2.32. The Kier molecular flexibility index (Phi) is 5.73. The number of hydrazine groups is 1. The number of carboxylic acids is 1. The Morgan fingerprint density at radius 2 is 2.00 bits per heavy atom. The molecule has 3 N–H and O–H groups in total. The van der Waals surface area contributed by atoms with Gasteiger partial charge < -0.3 is 15.6 Å². The maximum absolute atomic E-state index is 13.2. The summed E-state index contributed by atoms with van der Waals surface area (Å²) in [4.78, 5) is 23.9. The Bertz CT molecular complexity index is 825. The lowest BCUT2D eigenvalue weighted by molar-refractivity contribution is -0.139. The van der Waals surface area contributed by atoms with E-state index in [9.17, 15) is 9.59 Å². The van der Waals surface area contributed by atoms with Gasteiger partial charge in [-0.3, -0.25) is 4.79 Å². The number of rotatable bonds is 6. The lowest BCUT2D eigenvalue weighted by Crippen LogP contribution is -2.52. The zero-order chi connectivity index (χ0) is 19.4. The average molecular weight is 369 g/mol. The topological polar surface area (TPSA) is 96.1 Å². The summed E-state index contributed by atoms with van der Waals surface area (Å²) in [7, 11) is 0. The van der Waals surface area contributed by atoms with Crippen molar-refractivity contribution in [1.82, 2.24) is 5.01 Å². The van der Waals surface area contributed by atoms with Gasteiger partial charge in [0.25, 0.3) is 5.91 Å². The molecule has 0 spiro atoms. The van der Waals surface area contributed by atoms with Gasteiger partial charge in [0.2, 0.25) is 0 Å². The van der Waals surface area contributed by atoms with Crippen molar-refractivity contribution in [3.05, 3.63) is 59.7 Å². The number of aliphatic carboxylic acids is 1. The molecule has 0 unspecified atom stereocenters. The molecule has 1 fully saturated rings. The average Bonchev–Trinajstić information content (AvgIpc) is 3.08. The van der Waals surface area contributed by atoms with E-state index in [0.29, 0.717) is 23.5 Å². The third kappa shape index (κ3) is 4.27. The molecule has 1 aliphatic rings. The van der Waals surface area contributed by atoms with E-state index < -0.39 is 12.6 Å². The molecule has 0 aromatic heterocycles. The molecule has 1 saturated heterocycles. The normalized spacial score (nSPS) is 16.9. The largest absolute Gasteiger partial charge is 0.482 e. The Hall–Kier alpha value is -2.90. The molecule has 1 atom stereocenters. The summed E-state index contributed by atoms with van der Waals surface area (Å²) < 4.78 is 5.23. The summed E-state index contributed by atoms with van der Waals surface area (Å²) >= 11 is 0. The molecule has 0 bridgehead atoms. The third-order valence-electron chi connectivity index (χ3n) is 4.50. The van der Waals surface area contributed by atoms with Crippen LogP contribution in [0.2, 0.25) is 0 Å². The predicted molar refractivity (Wildman–Crippen MR) is 101 cm³/mol. The van der Waals surface area contributed by atoms with Gasteiger partial charge in [-0.1, -0.05) is 18.2 Å². The fourth-order valence-corrected chi connectivity index (χ4v) is 3.19. The third-order valence-corrected chi connectivity index (χ3v) is 4.50. The molecule has 2 aromatic rings. The number of nitrogens with two attached hydrogens (primary N) is 1. The summed E-state index contributed by atoms with van der Waals surface area (Å²) in [5.41, 5.74) is 8.30. The van der Waals surface area contributed by atoms with Crippen LogP contribution in [0.1, 0.15) is 28.8 Å². The van der Waals surface area contributed by atoms with Gasteiger partial charge in [0.15, 0.2) is 6.61 Å². The number of hydrogen-bond donors (Lipinski definition) is 2. The van der Waals surface area contributed by atoms with Gasteiger partial charge in [-0.2, -0.15) is 5.01 Å². The zero-order valence-electron chi connectivity index (χ0n) is 15.2. The number of ether oxygens (including phenoxy) is 1. The van der Waals surface area contributed by atoms with Gasteiger partial charge in [0.1, 0.15) is 5.75 Å². The molecular formula is C20H23N3O4. The first-order chi connectivity index (χ1) is 13.0. The Morgan fingerprint density at radius 3 is 2.59 bits per heavy atom. The summed E-state index contributed by atoms with van der Waals surface area (Å²) in [6.45, 7) is 2.13. The lowest BCUT2D eigenvalue weighted by atomic mass is 10.1. The number of carboxylic acid groups (broad SMARTS) is 1. The monoisotopic (exact) mass is 369 g/mol. The first-order valence-electron chi connectivity index (χ1n) is 8.84. The highest BCUT2D eigenvalue weighted by atomic mass is 16.5. The second-order valence-electron chi connectivity index (χ2n) is 6.49. The van der Waals surface area contributed by atoms with Crippen molar-refractivity contribution in [3.8, 4) is 5.75 Å². The molecule has 142 valence electrons. The van der Waals surface area contributed by atoms with Crippen LogP contribution in [0, 0.1) is 6.92 Å². The standard InChI is InChI=1S/C20H23N3O4/c1-14-12-16(27-13-19(24)25)9-10-17(14)23(22-11-5-8-18(22)21)20(26)15-6-3-2-4-7-15/h2-4,6-7,9-10,12,18H,5,8,11,13,21H2,1H3,(H,24,25)/t18-/m1/s1. The van der Waals surface area contributed by atoms with Crippen LogP contribution in [0.25, 0.3) is 0 Å². The molecule has 1 aliphatic heterocycles. The SMILES string of the molecule is Cc1cc(OCC(=O)O)ccc1N(C(=O)c1ccccc1)N1CCC[C@@H]1N. The van der Waals surface area contributed by atoms with Crippen LogP contribution in [-0.4, -0.2) is 41.3 Å². The molecule has 7 nitrogen and oxygen atoms in total. The number of carbonyl (C=O) groups is 2. The summed E-state index contributed by atoms with van der Waals surface area (Å²) in [5, 5.41) is 12.3. The van der Waals surface area contributed by atoms with E-state index in [1.54, 1.807) is 35.3 Å². The minimum Gasteiger partial charge on any atom is -0.482 e. The van der Waals surface area contributed by atoms with Gasteiger partial charge in [-0.25, -0.2) is 9.80 Å². The zero-order valence-corrected chi connectivity index (χ0v) is 15.2. The number of anilines is 1. The van der Waals surface area contributed by atoms with Crippen LogP contribution in [0.4, 0.5) is 5.69 Å². The van der Waals surface area contributed by atoms with E-state index in [0.717, 1.165) is 18.4 Å². The molecule has 2 aromatic carbocycles. The van der Waals surface area contributed by atoms with Crippen molar-refractivity contribution >= 4 is 17.6 Å². The van der Waals surface area contributed by atoms with Crippen molar-refractivity contribution in [2.75, 3.05) is 18.2 Å². The number of benzene rings is 2. The lowest BCUT2D eigenvalue weighted by Gasteiger charge is -2.35. The van der Waals surface area contributed by atoms with Gasteiger partial charge >= 0.3 is 5.97 Å². The number of nitrogens with zero attached hydrogens (tertiary/aromatic N) is 2. The van der Waals surface area contributed by atoms with Gasteiger partial charge in [0, 0.05) is 12.1 Å². The van der Waals surface area contributed by atoms with Crippen molar-refractivity contribution < 1.29 is 19.4 Å². The van der Waals surface area contributed by atoms with Gasteiger partial charge in [-0.05, 0) is 55.7 Å². The van der Waals surface area contributed by atoms with Crippen molar-refractivity contribution in [1.29, 1.82) is 0 Å². The fraction of sp³-hybridized carbons (Fsp3) is 0.300. The molecular weight excluding hydrogens is 346 g/mol. The molecule has 27 heavy (non-hydrogen) atoms. The minimum absolute atomic E-state index is 0.157. The quantitative estimate of drug-likeness (QED) is 0.812. The van der Waals surface area contributed by atoms with E-state index in [2.05, 4.69) is 0 Å². The van der Waals surface area contributed by atoms with Crippen LogP contribution in [0.3, 0.4) is 0 Å². The first kappa shape index (κ1) is 18.9. The maximum Gasteiger partial charge on any atom is 0.341 e. The fourth-order valence-electron chi connectivity index (χ4n) is 3.19. The highest BCUT2D eigenvalue weighted by Crippen LogP contribution is 2.30. The first-order valence-corrected chi connectivity index (χ1v) is 8.84. The molecule has 1 amide bonds. The van der Waals surface area contributed by atoms with Crippen molar-refractivity contribution in [2.24, 2.45) is 5.73 Å². The van der Waals surface area contributed by atoms with Crippen LogP contribution in [0.15, 0.2) is 48.5 Å². The number of aryl methyl sites for hydroxylation is 1. The van der Waals surface area contributed by atoms with E-state index in [1.807, 2.05) is 30.1 Å². The van der Waals surface area contributed by atoms with E-state index in [4.69, 9.17) is 15.6 Å². The van der Waals surface area contributed by atoms with Crippen molar-refractivity contribution in [2.45, 2.75) is 25.9 Å². The Balaban J connectivity index is 1.95. The summed E-state index contributed by atoms with van der Waals surface area (Å²) in [6.07, 6.45) is 1.50. The van der Waals surface area contributed by atoms with Crippen molar-refractivity contribution in [3.63, 3.8) is 0 Å². The molecule has 0 aliphatic carbocycles. The molecule has 1 heterocycles. The van der Waals surface area contributed by atoms with E-state index in [-0.39, 0.29) is 12.1 Å². The van der Waals surface area contributed by atoms with E-state index in [1.165, 1.54) is 0 Å².